The fraction of sp³-hybridized carbons (Fsp3) is 0.812. The molecule has 0 fully saturated rings. The highest BCUT2D eigenvalue weighted by atomic mass is 15.3. The number of rotatable bonds is 10. The van der Waals surface area contributed by atoms with E-state index < -0.39 is 0 Å². The van der Waals surface area contributed by atoms with Gasteiger partial charge in [-0.1, -0.05) is 27.7 Å². The van der Waals surface area contributed by atoms with E-state index in [4.69, 9.17) is 0 Å². The van der Waals surface area contributed by atoms with Crippen LogP contribution in [0.3, 0.4) is 0 Å². The summed E-state index contributed by atoms with van der Waals surface area (Å²) in [5.41, 5.74) is 1.14. The van der Waals surface area contributed by atoms with Crippen LogP contribution in [0.15, 0.2) is 12.4 Å². The van der Waals surface area contributed by atoms with Crippen LogP contribution in [0, 0.1) is 5.92 Å². The smallest absolute Gasteiger partial charge is 0.0728 e. The van der Waals surface area contributed by atoms with E-state index in [9.17, 15) is 0 Å². The van der Waals surface area contributed by atoms with Crippen molar-refractivity contribution < 1.29 is 0 Å². The second kappa shape index (κ2) is 9.01. The first-order valence-electron chi connectivity index (χ1n) is 8.06. The van der Waals surface area contributed by atoms with Crippen molar-refractivity contribution in [1.29, 1.82) is 0 Å². The third kappa shape index (κ3) is 6.42. The topological polar surface area (TPSA) is 33.1 Å². The first kappa shape index (κ1) is 17.0. The van der Waals surface area contributed by atoms with Crippen LogP contribution in [-0.4, -0.2) is 40.4 Å². The van der Waals surface area contributed by atoms with Crippen molar-refractivity contribution in [2.75, 3.05) is 25.0 Å². The molecule has 4 heteroatoms. The molecule has 0 bridgehead atoms. The summed E-state index contributed by atoms with van der Waals surface area (Å²) >= 11 is 0. The highest BCUT2D eigenvalue weighted by Crippen LogP contribution is 2.12. The van der Waals surface area contributed by atoms with Crippen LogP contribution in [0.25, 0.3) is 0 Å². The van der Waals surface area contributed by atoms with E-state index in [1.807, 2.05) is 10.9 Å². The molecule has 0 aliphatic heterocycles. The Kier molecular flexibility index (Phi) is 7.67. The van der Waals surface area contributed by atoms with Crippen molar-refractivity contribution in [2.45, 2.75) is 60.0 Å². The van der Waals surface area contributed by atoms with E-state index in [2.05, 4.69) is 56.1 Å². The Labute approximate surface area is 124 Å². The molecule has 0 aromatic carbocycles. The van der Waals surface area contributed by atoms with E-state index in [1.54, 1.807) is 0 Å². The molecule has 1 aromatic rings. The first-order valence-corrected chi connectivity index (χ1v) is 8.06. The predicted octanol–water partition coefficient (Wildman–Crippen LogP) is 3.46. The summed E-state index contributed by atoms with van der Waals surface area (Å²) in [5.74, 6) is 0.774. The van der Waals surface area contributed by atoms with Gasteiger partial charge in [0.25, 0.3) is 0 Å². The summed E-state index contributed by atoms with van der Waals surface area (Å²) in [6.07, 6.45) is 6.54. The lowest BCUT2D eigenvalue weighted by atomic mass is 10.0. The van der Waals surface area contributed by atoms with Gasteiger partial charge in [0.05, 0.1) is 18.4 Å². The standard InChI is InChI=1S/C16H32N4/c1-6-19(7-2)10-11-20-13-16(12-17-20)18-15(5)9-8-14(3)4/h12-15,18H,6-11H2,1-5H3. The third-order valence-electron chi connectivity index (χ3n) is 3.76. The quantitative estimate of drug-likeness (QED) is 0.712. The molecule has 0 aliphatic carbocycles. The van der Waals surface area contributed by atoms with Crippen LogP contribution in [0.4, 0.5) is 5.69 Å². The van der Waals surface area contributed by atoms with Crippen molar-refractivity contribution in [2.24, 2.45) is 5.92 Å². The van der Waals surface area contributed by atoms with Gasteiger partial charge < -0.3 is 10.2 Å². The zero-order chi connectivity index (χ0) is 15.0. The molecule has 1 atom stereocenters. The molecule has 0 saturated carbocycles. The Morgan fingerprint density at radius 2 is 1.90 bits per heavy atom. The fourth-order valence-electron chi connectivity index (χ4n) is 2.28. The Morgan fingerprint density at radius 3 is 2.50 bits per heavy atom. The summed E-state index contributed by atoms with van der Waals surface area (Å²) in [4.78, 5) is 2.42. The second-order valence-corrected chi connectivity index (χ2v) is 6.04. The fourth-order valence-corrected chi connectivity index (χ4v) is 2.28. The molecule has 4 nitrogen and oxygen atoms in total. The van der Waals surface area contributed by atoms with Crippen LogP contribution in [0.1, 0.15) is 47.5 Å². The highest BCUT2D eigenvalue weighted by molar-refractivity contribution is 5.38. The SMILES string of the molecule is CCN(CC)CCn1cc(NC(C)CCC(C)C)cn1. The third-order valence-corrected chi connectivity index (χ3v) is 3.76. The Bertz CT molecular complexity index is 355. The zero-order valence-electron chi connectivity index (χ0n) is 13.9. The van der Waals surface area contributed by atoms with E-state index >= 15 is 0 Å². The summed E-state index contributed by atoms with van der Waals surface area (Å²) in [7, 11) is 0. The molecular weight excluding hydrogens is 248 g/mol. The minimum atomic E-state index is 0.512. The van der Waals surface area contributed by atoms with Gasteiger partial charge in [-0.2, -0.15) is 5.10 Å². The Balaban J connectivity index is 2.35. The molecule has 0 radical (unpaired) electrons. The number of hydrogen-bond acceptors (Lipinski definition) is 3. The van der Waals surface area contributed by atoms with Crippen molar-refractivity contribution in [1.82, 2.24) is 14.7 Å². The average Bonchev–Trinajstić information content (AvgIpc) is 2.85. The van der Waals surface area contributed by atoms with Crippen LogP contribution in [-0.2, 0) is 6.54 Å². The van der Waals surface area contributed by atoms with Gasteiger partial charge in [-0.15, -0.1) is 0 Å². The van der Waals surface area contributed by atoms with Crippen molar-refractivity contribution in [3.05, 3.63) is 12.4 Å². The summed E-state index contributed by atoms with van der Waals surface area (Å²) in [6.45, 7) is 15.4. The molecule has 1 unspecified atom stereocenters. The number of hydrogen-bond donors (Lipinski definition) is 1. The van der Waals surface area contributed by atoms with Gasteiger partial charge in [0.2, 0.25) is 0 Å². The largest absolute Gasteiger partial charge is 0.380 e. The molecule has 116 valence electrons. The molecule has 1 N–H and O–H groups in total. The number of nitrogens with zero attached hydrogens (tertiary/aromatic N) is 3. The maximum atomic E-state index is 4.43. The van der Waals surface area contributed by atoms with Crippen LogP contribution in [0.2, 0.25) is 0 Å². The summed E-state index contributed by atoms with van der Waals surface area (Å²) in [6, 6.07) is 0.512. The zero-order valence-corrected chi connectivity index (χ0v) is 13.9. The number of nitrogens with one attached hydrogen (secondary N) is 1. The Morgan fingerprint density at radius 1 is 1.20 bits per heavy atom. The second-order valence-electron chi connectivity index (χ2n) is 6.04. The van der Waals surface area contributed by atoms with Gasteiger partial charge in [-0.05, 0) is 38.8 Å². The van der Waals surface area contributed by atoms with Crippen molar-refractivity contribution >= 4 is 5.69 Å². The molecule has 0 spiro atoms. The minimum Gasteiger partial charge on any atom is -0.380 e. The van der Waals surface area contributed by atoms with Gasteiger partial charge in [-0.3, -0.25) is 4.68 Å². The number of anilines is 1. The van der Waals surface area contributed by atoms with Gasteiger partial charge in [0.15, 0.2) is 0 Å². The molecule has 0 saturated heterocycles. The molecular formula is C16H32N4. The summed E-state index contributed by atoms with van der Waals surface area (Å²) in [5, 5.41) is 7.97. The van der Waals surface area contributed by atoms with E-state index in [0.29, 0.717) is 6.04 Å². The minimum absolute atomic E-state index is 0.512. The van der Waals surface area contributed by atoms with E-state index in [0.717, 1.165) is 37.8 Å². The molecule has 1 rings (SSSR count). The lowest BCUT2D eigenvalue weighted by Crippen LogP contribution is -2.27. The van der Waals surface area contributed by atoms with Crippen LogP contribution >= 0.6 is 0 Å². The molecule has 1 heterocycles. The van der Waals surface area contributed by atoms with E-state index in [1.165, 1.54) is 12.8 Å². The van der Waals surface area contributed by atoms with Crippen molar-refractivity contribution in [3.8, 4) is 0 Å². The monoisotopic (exact) mass is 280 g/mol. The van der Waals surface area contributed by atoms with Gasteiger partial charge in [0, 0.05) is 18.8 Å². The predicted molar refractivity (Wildman–Crippen MR) is 87.2 cm³/mol. The lowest BCUT2D eigenvalue weighted by Gasteiger charge is -2.17. The van der Waals surface area contributed by atoms with Gasteiger partial charge >= 0.3 is 0 Å². The van der Waals surface area contributed by atoms with Crippen LogP contribution < -0.4 is 5.32 Å². The first-order chi connectivity index (χ1) is 9.55. The normalized spacial score (nSPS) is 13.2. The van der Waals surface area contributed by atoms with Gasteiger partial charge in [-0.25, -0.2) is 0 Å². The Hall–Kier alpha value is -1.03. The maximum absolute atomic E-state index is 4.43. The van der Waals surface area contributed by atoms with Gasteiger partial charge in [0.1, 0.15) is 0 Å². The average molecular weight is 280 g/mol. The number of likely N-dealkylation sites (N-methyl/N-ethyl adjacent to an activating group) is 1. The summed E-state index contributed by atoms with van der Waals surface area (Å²) < 4.78 is 2.04. The number of aromatic nitrogens is 2. The molecule has 20 heavy (non-hydrogen) atoms. The maximum Gasteiger partial charge on any atom is 0.0728 e. The highest BCUT2D eigenvalue weighted by Gasteiger charge is 2.06. The van der Waals surface area contributed by atoms with E-state index in [-0.39, 0.29) is 0 Å². The van der Waals surface area contributed by atoms with Crippen LogP contribution in [0.5, 0.6) is 0 Å². The molecule has 0 amide bonds. The molecule has 1 aromatic heterocycles. The lowest BCUT2D eigenvalue weighted by molar-refractivity contribution is 0.285. The molecule has 0 aliphatic rings. The van der Waals surface area contributed by atoms with Crippen molar-refractivity contribution in [3.63, 3.8) is 0 Å².